The number of allylic oxidation sites excluding steroid dienone is 4. The van der Waals surface area contributed by atoms with E-state index in [4.69, 9.17) is 9.47 Å². The molecule has 0 aromatic heterocycles. The van der Waals surface area contributed by atoms with Gasteiger partial charge in [0.2, 0.25) is 0 Å². The number of benzene rings is 2. The Balaban J connectivity index is 1.56. The van der Waals surface area contributed by atoms with Crippen LogP contribution in [0.4, 0.5) is 0 Å². The van der Waals surface area contributed by atoms with Crippen molar-refractivity contribution in [1.29, 1.82) is 0 Å². The van der Waals surface area contributed by atoms with Crippen molar-refractivity contribution in [2.75, 3.05) is 0 Å². The molecule has 34 heavy (non-hydrogen) atoms. The van der Waals surface area contributed by atoms with Crippen molar-refractivity contribution < 1.29 is 19.1 Å². The zero-order valence-corrected chi connectivity index (χ0v) is 20.4. The Hall–Kier alpha value is -3.14. The van der Waals surface area contributed by atoms with Crippen LogP contribution in [-0.2, 0) is 20.9 Å². The molecule has 4 nitrogen and oxygen atoms in total. The molecule has 0 atom stereocenters. The first-order chi connectivity index (χ1) is 16.1. The SMILES string of the molecule is CC1(C)CC(=O)C2=C(C1)OC1=C(C(=O)CC(C)(C)C1)C2c1cccc(OCc2ccccc2)c1. The fourth-order valence-electron chi connectivity index (χ4n) is 5.53. The van der Waals surface area contributed by atoms with Crippen LogP contribution in [0.25, 0.3) is 0 Å². The van der Waals surface area contributed by atoms with Crippen molar-refractivity contribution in [3.8, 4) is 5.75 Å². The Labute approximate surface area is 201 Å². The lowest BCUT2D eigenvalue weighted by molar-refractivity contribution is -0.120. The van der Waals surface area contributed by atoms with Gasteiger partial charge in [0.15, 0.2) is 11.6 Å². The molecule has 4 heteroatoms. The lowest BCUT2D eigenvalue weighted by Gasteiger charge is -2.42. The third-order valence-corrected chi connectivity index (χ3v) is 7.02. The maximum absolute atomic E-state index is 13.4. The summed E-state index contributed by atoms with van der Waals surface area (Å²) < 4.78 is 12.5. The second-order valence-corrected chi connectivity index (χ2v) is 11.4. The van der Waals surface area contributed by atoms with E-state index >= 15 is 0 Å². The van der Waals surface area contributed by atoms with Gasteiger partial charge in [0.25, 0.3) is 0 Å². The molecule has 0 unspecified atom stereocenters. The van der Waals surface area contributed by atoms with Crippen molar-refractivity contribution in [3.63, 3.8) is 0 Å². The third kappa shape index (κ3) is 4.34. The quantitative estimate of drug-likeness (QED) is 0.516. The fourth-order valence-corrected chi connectivity index (χ4v) is 5.53. The topological polar surface area (TPSA) is 52.6 Å². The smallest absolute Gasteiger partial charge is 0.163 e. The van der Waals surface area contributed by atoms with E-state index in [-0.39, 0.29) is 22.4 Å². The van der Waals surface area contributed by atoms with Crippen LogP contribution in [0.1, 0.15) is 70.4 Å². The van der Waals surface area contributed by atoms with E-state index in [1.807, 2.05) is 54.6 Å². The normalized spacial score (nSPS) is 21.6. The van der Waals surface area contributed by atoms with Crippen LogP contribution in [-0.4, -0.2) is 11.6 Å². The van der Waals surface area contributed by atoms with Gasteiger partial charge < -0.3 is 9.47 Å². The Morgan fingerprint density at radius 1 is 0.794 bits per heavy atom. The van der Waals surface area contributed by atoms with Gasteiger partial charge in [-0.3, -0.25) is 9.59 Å². The number of ketones is 2. The maximum Gasteiger partial charge on any atom is 0.163 e. The van der Waals surface area contributed by atoms with Crippen molar-refractivity contribution in [3.05, 3.63) is 88.4 Å². The van der Waals surface area contributed by atoms with E-state index < -0.39 is 5.92 Å². The molecular formula is C30H32O4. The second-order valence-electron chi connectivity index (χ2n) is 11.4. The summed E-state index contributed by atoms with van der Waals surface area (Å²) >= 11 is 0. The van der Waals surface area contributed by atoms with Gasteiger partial charge >= 0.3 is 0 Å². The zero-order valence-electron chi connectivity index (χ0n) is 20.4. The Morgan fingerprint density at radius 3 is 1.97 bits per heavy atom. The molecule has 2 aliphatic carbocycles. The molecular weight excluding hydrogens is 424 g/mol. The van der Waals surface area contributed by atoms with Gasteiger partial charge in [0.1, 0.15) is 23.9 Å². The minimum atomic E-state index is -0.397. The van der Waals surface area contributed by atoms with Crippen LogP contribution < -0.4 is 4.74 Å². The number of rotatable bonds is 4. The van der Waals surface area contributed by atoms with Gasteiger partial charge in [-0.1, -0.05) is 70.2 Å². The highest BCUT2D eigenvalue weighted by Gasteiger charge is 2.47. The minimum Gasteiger partial charge on any atom is -0.489 e. The fraction of sp³-hybridized carbons (Fsp3) is 0.400. The monoisotopic (exact) mass is 456 g/mol. The Bertz CT molecular complexity index is 1160. The predicted octanol–water partition coefficient (Wildman–Crippen LogP) is 6.67. The van der Waals surface area contributed by atoms with Gasteiger partial charge in [0.05, 0.1) is 0 Å². The highest BCUT2D eigenvalue weighted by atomic mass is 16.5. The molecule has 0 bridgehead atoms. The molecule has 1 aliphatic heterocycles. The largest absolute Gasteiger partial charge is 0.489 e. The number of hydrogen-bond acceptors (Lipinski definition) is 4. The van der Waals surface area contributed by atoms with Crippen molar-refractivity contribution in [1.82, 2.24) is 0 Å². The van der Waals surface area contributed by atoms with Crippen molar-refractivity contribution in [2.24, 2.45) is 10.8 Å². The second kappa shape index (κ2) is 8.26. The summed E-state index contributed by atoms with van der Waals surface area (Å²) in [6.07, 6.45) is 2.30. The van der Waals surface area contributed by atoms with Gasteiger partial charge in [0, 0.05) is 42.7 Å². The lowest BCUT2D eigenvalue weighted by Crippen LogP contribution is -2.37. The summed E-state index contributed by atoms with van der Waals surface area (Å²) in [5.74, 6) is 1.97. The van der Waals surface area contributed by atoms with Crippen LogP contribution in [0.15, 0.2) is 77.3 Å². The predicted molar refractivity (Wildman–Crippen MR) is 131 cm³/mol. The molecule has 1 heterocycles. The molecule has 0 saturated carbocycles. The Morgan fingerprint density at radius 2 is 1.38 bits per heavy atom. The standard InChI is InChI=1S/C30H32O4/c1-29(2)14-22(31)27-24(16-29)34-25-17-30(3,4)15-23(32)28(25)26(27)20-11-8-12-21(13-20)33-18-19-9-6-5-7-10-19/h5-13,26H,14-18H2,1-4H3. The molecule has 0 fully saturated rings. The van der Waals surface area contributed by atoms with Gasteiger partial charge in [-0.15, -0.1) is 0 Å². The molecule has 3 aliphatic rings. The van der Waals surface area contributed by atoms with Gasteiger partial charge in [-0.25, -0.2) is 0 Å². The van der Waals surface area contributed by atoms with Crippen LogP contribution in [0, 0.1) is 10.8 Å². The van der Waals surface area contributed by atoms with E-state index in [1.54, 1.807) is 0 Å². The molecule has 0 amide bonds. The van der Waals surface area contributed by atoms with E-state index in [9.17, 15) is 9.59 Å². The summed E-state index contributed by atoms with van der Waals surface area (Å²) in [6, 6.07) is 17.9. The maximum atomic E-state index is 13.4. The van der Waals surface area contributed by atoms with Crippen LogP contribution in [0.5, 0.6) is 5.75 Å². The van der Waals surface area contributed by atoms with Crippen LogP contribution >= 0.6 is 0 Å². The zero-order chi connectivity index (χ0) is 24.1. The van der Waals surface area contributed by atoms with E-state index in [0.717, 1.165) is 28.4 Å². The minimum absolute atomic E-state index is 0.0797. The number of carbonyl (C=O) groups is 2. The average Bonchev–Trinajstić information content (AvgIpc) is 2.75. The number of carbonyl (C=O) groups excluding carboxylic acids is 2. The molecule has 0 saturated heterocycles. The molecule has 5 rings (SSSR count). The van der Waals surface area contributed by atoms with Gasteiger partial charge in [-0.05, 0) is 34.1 Å². The highest BCUT2D eigenvalue weighted by molar-refractivity contribution is 6.06. The summed E-state index contributed by atoms with van der Waals surface area (Å²) in [5, 5.41) is 0. The molecule has 0 spiro atoms. The average molecular weight is 457 g/mol. The lowest BCUT2D eigenvalue weighted by atomic mass is 9.65. The molecule has 176 valence electrons. The van der Waals surface area contributed by atoms with Crippen molar-refractivity contribution in [2.45, 2.75) is 65.9 Å². The van der Waals surface area contributed by atoms with Gasteiger partial charge in [-0.2, -0.15) is 0 Å². The van der Waals surface area contributed by atoms with Crippen LogP contribution in [0.3, 0.4) is 0 Å². The number of ether oxygens (including phenoxy) is 2. The van der Waals surface area contributed by atoms with E-state index in [2.05, 4.69) is 27.7 Å². The first kappa shape index (κ1) is 22.6. The third-order valence-electron chi connectivity index (χ3n) is 7.02. The molecule has 2 aromatic carbocycles. The van der Waals surface area contributed by atoms with Crippen LogP contribution in [0.2, 0.25) is 0 Å². The summed E-state index contributed by atoms with van der Waals surface area (Å²) in [6.45, 7) is 8.87. The summed E-state index contributed by atoms with van der Waals surface area (Å²) in [5.41, 5.74) is 3.00. The van der Waals surface area contributed by atoms with E-state index in [1.165, 1.54) is 0 Å². The van der Waals surface area contributed by atoms with Crippen molar-refractivity contribution >= 4 is 11.6 Å². The number of hydrogen-bond donors (Lipinski definition) is 0. The highest BCUT2D eigenvalue weighted by Crippen LogP contribution is 2.53. The summed E-state index contributed by atoms with van der Waals surface area (Å²) in [7, 11) is 0. The van der Waals surface area contributed by atoms with E-state index in [0.29, 0.717) is 43.4 Å². The first-order valence-electron chi connectivity index (χ1n) is 12.1. The Kier molecular flexibility index (Phi) is 5.50. The number of Topliss-reactive ketones (excluding diaryl/α,β-unsaturated/α-hetero) is 2. The molecule has 0 N–H and O–H groups in total. The first-order valence-corrected chi connectivity index (χ1v) is 12.1. The molecule has 0 radical (unpaired) electrons. The summed E-state index contributed by atoms with van der Waals surface area (Å²) in [4.78, 5) is 26.9. The molecule has 2 aromatic rings.